The molecule has 0 saturated carbocycles. The fourth-order valence-electron chi connectivity index (χ4n) is 3.16. The molecule has 26 heavy (non-hydrogen) atoms. The van der Waals surface area contributed by atoms with Gasteiger partial charge in [0.05, 0.1) is 23.2 Å². The quantitative estimate of drug-likeness (QED) is 0.682. The SMILES string of the molecule is COc1ccc(S(=O)(=O)NCC2(O)Cc3ccccc3C2)cc1C(N)=O. The third-order valence-electron chi connectivity index (χ3n) is 4.50. The first-order valence-corrected chi connectivity index (χ1v) is 9.49. The van der Waals surface area contributed by atoms with Gasteiger partial charge in [-0.1, -0.05) is 24.3 Å². The Balaban J connectivity index is 1.78. The monoisotopic (exact) mass is 376 g/mol. The summed E-state index contributed by atoms with van der Waals surface area (Å²) in [7, 11) is -2.56. The summed E-state index contributed by atoms with van der Waals surface area (Å²) in [4.78, 5) is 11.4. The van der Waals surface area contributed by atoms with E-state index in [1.54, 1.807) is 0 Å². The molecule has 2 aromatic carbocycles. The molecule has 138 valence electrons. The van der Waals surface area contributed by atoms with E-state index in [4.69, 9.17) is 10.5 Å². The summed E-state index contributed by atoms with van der Waals surface area (Å²) in [5, 5.41) is 10.7. The summed E-state index contributed by atoms with van der Waals surface area (Å²) in [6.45, 7) is -0.137. The lowest BCUT2D eigenvalue weighted by molar-refractivity contribution is 0.0567. The second kappa shape index (κ2) is 6.71. The van der Waals surface area contributed by atoms with E-state index in [1.807, 2.05) is 24.3 Å². The minimum atomic E-state index is -3.93. The van der Waals surface area contributed by atoms with Crippen molar-refractivity contribution >= 4 is 15.9 Å². The third kappa shape index (κ3) is 3.57. The third-order valence-corrected chi connectivity index (χ3v) is 5.89. The van der Waals surface area contributed by atoms with Gasteiger partial charge in [0.1, 0.15) is 5.75 Å². The van der Waals surface area contributed by atoms with Crippen molar-refractivity contribution in [2.75, 3.05) is 13.7 Å². The number of benzene rings is 2. The van der Waals surface area contributed by atoms with Crippen LogP contribution in [0.2, 0.25) is 0 Å². The maximum Gasteiger partial charge on any atom is 0.252 e. The summed E-state index contributed by atoms with van der Waals surface area (Å²) >= 11 is 0. The Bertz CT molecular complexity index is 931. The molecule has 0 fully saturated rings. The maximum atomic E-state index is 12.6. The average molecular weight is 376 g/mol. The van der Waals surface area contributed by atoms with E-state index < -0.39 is 21.5 Å². The van der Waals surface area contributed by atoms with Gasteiger partial charge in [-0.25, -0.2) is 13.1 Å². The first kappa shape index (κ1) is 18.4. The fourth-order valence-corrected chi connectivity index (χ4v) is 4.30. The van der Waals surface area contributed by atoms with Gasteiger partial charge in [-0.2, -0.15) is 0 Å². The number of sulfonamides is 1. The minimum Gasteiger partial charge on any atom is -0.496 e. The summed E-state index contributed by atoms with van der Waals surface area (Å²) in [5.41, 5.74) is 6.08. The molecular formula is C18H20N2O5S. The van der Waals surface area contributed by atoms with Gasteiger partial charge in [-0.3, -0.25) is 4.79 Å². The number of carbonyl (C=O) groups is 1. The molecule has 1 aliphatic rings. The number of fused-ring (bicyclic) bond motifs is 1. The Labute approximate surface area is 151 Å². The Hall–Kier alpha value is -2.42. The highest BCUT2D eigenvalue weighted by atomic mass is 32.2. The summed E-state index contributed by atoms with van der Waals surface area (Å²) < 4.78 is 32.6. The van der Waals surface area contributed by atoms with Crippen LogP contribution in [0.1, 0.15) is 21.5 Å². The van der Waals surface area contributed by atoms with Crippen LogP contribution < -0.4 is 15.2 Å². The maximum absolute atomic E-state index is 12.6. The number of rotatable bonds is 6. The molecule has 0 spiro atoms. The summed E-state index contributed by atoms with van der Waals surface area (Å²) in [6.07, 6.45) is 0.752. The van der Waals surface area contributed by atoms with E-state index >= 15 is 0 Å². The largest absolute Gasteiger partial charge is 0.496 e. The Morgan fingerprint density at radius 3 is 2.38 bits per heavy atom. The predicted molar refractivity (Wildman–Crippen MR) is 95.5 cm³/mol. The number of ether oxygens (including phenoxy) is 1. The van der Waals surface area contributed by atoms with E-state index in [0.29, 0.717) is 12.8 Å². The van der Waals surface area contributed by atoms with Gasteiger partial charge < -0.3 is 15.6 Å². The molecule has 4 N–H and O–H groups in total. The number of methoxy groups -OCH3 is 1. The molecule has 0 aromatic heterocycles. The molecule has 7 nitrogen and oxygen atoms in total. The molecule has 0 radical (unpaired) electrons. The number of primary amides is 1. The second-order valence-corrected chi connectivity index (χ2v) is 8.16. The van der Waals surface area contributed by atoms with E-state index in [9.17, 15) is 18.3 Å². The molecule has 2 aromatic rings. The normalized spacial score (nSPS) is 15.5. The van der Waals surface area contributed by atoms with Gasteiger partial charge in [0.15, 0.2) is 0 Å². The summed E-state index contributed by atoms with van der Waals surface area (Å²) in [6, 6.07) is 11.5. The van der Waals surface area contributed by atoms with Crippen molar-refractivity contribution in [2.24, 2.45) is 5.73 Å². The van der Waals surface area contributed by atoms with Crippen LogP contribution in [0.4, 0.5) is 0 Å². The van der Waals surface area contributed by atoms with Crippen molar-refractivity contribution in [3.05, 3.63) is 59.2 Å². The molecule has 8 heteroatoms. The molecule has 0 unspecified atom stereocenters. The lowest BCUT2D eigenvalue weighted by atomic mass is 10.0. The number of aliphatic hydroxyl groups is 1. The van der Waals surface area contributed by atoms with Gasteiger partial charge in [-0.15, -0.1) is 0 Å². The molecule has 1 aliphatic carbocycles. The lowest BCUT2D eigenvalue weighted by Crippen LogP contribution is -2.43. The molecular weight excluding hydrogens is 356 g/mol. The second-order valence-electron chi connectivity index (χ2n) is 6.40. The van der Waals surface area contributed by atoms with Crippen molar-refractivity contribution in [2.45, 2.75) is 23.3 Å². The average Bonchev–Trinajstić information content (AvgIpc) is 2.96. The van der Waals surface area contributed by atoms with E-state index in [-0.39, 0.29) is 22.8 Å². The van der Waals surface area contributed by atoms with Crippen LogP contribution in [0, 0.1) is 0 Å². The topological polar surface area (TPSA) is 119 Å². The van der Waals surface area contributed by atoms with Crippen molar-refractivity contribution in [3.63, 3.8) is 0 Å². The zero-order chi connectivity index (χ0) is 18.9. The number of hydrogen-bond acceptors (Lipinski definition) is 5. The number of carbonyl (C=O) groups excluding carboxylic acids is 1. The molecule has 3 rings (SSSR count). The highest BCUT2D eigenvalue weighted by Crippen LogP contribution is 2.30. The van der Waals surface area contributed by atoms with Gasteiger partial charge >= 0.3 is 0 Å². The van der Waals surface area contributed by atoms with Crippen LogP contribution in [-0.4, -0.2) is 38.7 Å². The fraction of sp³-hybridized carbons (Fsp3) is 0.278. The molecule has 0 atom stereocenters. The van der Waals surface area contributed by atoms with E-state index in [0.717, 1.165) is 17.2 Å². The van der Waals surface area contributed by atoms with Crippen LogP contribution in [0.5, 0.6) is 5.75 Å². The standard InChI is InChI=1S/C18H20N2O5S/c1-25-16-7-6-14(8-15(16)17(19)21)26(23,24)20-11-18(22)9-12-4-2-3-5-13(12)10-18/h2-8,20,22H,9-11H2,1H3,(H2,19,21). The van der Waals surface area contributed by atoms with Crippen LogP contribution in [-0.2, 0) is 22.9 Å². The van der Waals surface area contributed by atoms with Crippen LogP contribution in [0.25, 0.3) is 0 Å². The highest BCUT2D eigenvalue weighted by Gasteiger charge is 2.36. The zero-order valence-corrected chi connectivity index (χ0v) is 15.0. The van der Waals surface area contributed by atoms with Crippen molar-refractivity contribution < 1.29 is 23.1 Å². The van der Waals surface area contributed by atoms with E-state index in [2.05, 4.69) is 4.72 Å². The van der Waals surface area contributed by atoms with Crippen molar-refractivity contribution in [3.8, 4) is 5.75 Å². The molecule has 1 amide bonds. The molecule has 0 saturated heterocycles. The lowest BCUT2D eigenvalue weighted by Gasteiger charge is -2.22. The van der Waals surface area contributed by atoms with Gasteiger partial charge in [0.2, 0.25) is 10.0 Å². The molecule has 0 heterocycles. The van der Waals surface area contributed by atoms with E-state index in [1.165, 1.54) is 19.2 Å². The van der Waals surface area contributed by atoms with Gasteiger partial charge in [0, 0.05) is 19.4 Å². The smallest absolute Gasteiger partial charge is 0.252 e. The Kier molecular flexibility index (Phi) is 4.74. The van der Waals surface area contributed by atoms with Crippen molar-refractivity contribution in [1.82, 2.24) is 4.72 Å². The molecule has 0 aliphatic heterocycles. The Morgan fingerprint density at radius 1 is 1.23 bits per heavy atom. The van der Waals surface area contributed by atoms with Gasteiger partial charge in [-0.05, 0) is 29.3 Å². The van der Waals surface area contributed by atoms with Gasteiger partial charge in [0.25, 0.3) is 5.91 Å². The first-order chi connectivity index (χ1) is 12.2. The zero-order valence-electron chi connectivity index (χ0n) is 14.2. The van der Waals surface area contributed by atoms with Crippen LogP contribution >= 0.6 is 0 Å². The molecule has 0 bridgehead atoms. The number of nitrogens with one attached hydrogen (secondary N) is 1. The summed E-state index contributed by atoms with van der Waals surface area (Å²) in [5.74, 6) is -0.593. The number of amides is 1. The van der Waals surface area contributed by atoms with Crippen LogP contribution in [0.3, 0.4) is 0 Å². The van der Waals surface area contributed by atoms with Crippen molar-refractivity contribution in [1.29, 1.82) is 0 Å². The van der Waals surface area contributed by atoms with Crippen LogP contribution in [0.15, 0.2) is 47.4 Å². The minimum absolute atomic E-state index is 0.0256. The predicted octanol–water partition coefficient (Wildman–Crippen LogP) is 0.602. The number of nitrogens with two attached hydrogens (primary N) is 1. The first-order valence-electron chi connectivity index (χ1n) is 8.01. The highest BCUT2D eigenvalue weighted by molar-refractivity contribution is 7.89. The Morgan fingerprint density at radius 2 is 1.85 bits per heavy atom. The number of hydrogen-bond donors (Lipinski definition) is 3.